The third kappa shape index (κ3) is 2.66. The first-order valence-electron chi connectivity index (χ1n) is 5.31. The van der Waals surface area contributed by atoms with Gasteiger partial charge >= 0.3 is 10.2 Å². The first-order valence-corrected chi connectivity index (χ1v) is 6.87. The van der Waals surface area contributed by atoms with Gasteiger partial charge in [-0.2, -0.15) is 13.4 Å². The fraction of sp³-hybridized carbons (Fsp3) is 0.667. The van der Waals surface area contributed by atoms with E-state index in [1.807, 2.05) is 0 Å². The molecule has 0 aliphatic carbocycles. The second-order valence-electron chi connectivity index (χ2n) is 4.44. The number of rotatable bonds is 2. The summed E-state index contributed by atoms with van der Waals surface area (Å²) in [5, 5.41) is 0. The number of amides is 2. The number of hydrogen-bond acceptors (Lipinski definition) is 5. The van der Waals surface area contributed by atoms with Gasteiger partial charge in [0.1, 0.15) is 6.54 Å². The molecule has 0 radical (unpaired) electrons. The second-order valence-corrected chi connectivity index (χ2v) is 5.85. The molecule has 0 spiro atoms. The van der Waals surface area contributed by atoms with Crippen molar-refractivity contribution in [3.63, 3.8) is 0 Å². The van der Waals surface area contributed by atoms with Gasteiger partial charge in [-0.25, -0.2) is 0 Å². The molecule has 0 aromatic carbocycles. The summed E-state index contributed by atoms with van der Waals surface area (Å²) in [4.78, 5) is 29.3. The van der Waals surface area contributed by atoms with Gasteiger partial charge < -0.3 is 4.90 Å². The topological polar surface area (TPSA) is 87.1 Å². The largest absolute Gasteiger partial charge is 0.336 e. The Morgan fingerprint density at radius 3 is 2.61 bits per heavy atom. The van der Waals surface area contributed by atoms with Gasteiger partial charge in [0.15, 0.2) is 0 Å². The Morgan fingerprint density at radius 2 is 2.11 bits per heavy atom. The maximum Gasteiger partial charge on any atom is 0.302 e. The van der Waals surface area contributed by atoms with Crippen molar-refractivity contribution in [2.45, 2.75) is 6.42 Å². The molecule has 1 fully saturated rings. The maximum absolute atomic E-state index is 12.6. The number of likely N-dealkylation sites (N-methyl/N-ethyl adjacent to an activating group) is 1. The van der Waals surface area contributed by atoms with Gasteiger partial charge in [-0.3, -0.25) is 14.5 Å². The van der Waals surface area contributed by atoms with Crippen molar-refractivity contribution < 1.29 is 21.9 Å². The highest BCUT2D eigenvalue weighted by Gasteiger charge is 2.38. The molecule has 2 aliphatic rings. The molecule has 9 heteroatoms. The zero-order chi connectivity index (χ0) is 13.5. The summed E-state index contributed by atoms with van der Waals surface area (Å²) in [6.07, 6.45) is -0.0514. The molecule has 100 valence electrons. The van der Waals surface area contributed by atoms with Crippen molar-refractivity contribution in [1.29, 1.82) is 0 Å². The van der Waals surface area contributed by atoms with E-state index < -0.39 is 21.9 Å². The maximum atomic E-state index is 12.6. The van der Waals surface area contributed by atoms with Gasteiger partial charge in [-0.15, -0.1) is 3.89 Å². The smallest absolute Gasteiger partial charge is 0.302 e. The predicted octanol–water partition coefficient (Wildman–Crippen LogP) is -1.04. The minimum Gasteiger partial charge on any atom is -0.336 e. The minimum atomic E-state index is -4.60. The highest BCUT2D eigenvalue weighted by atomic mass is 32.3. The number of likely N-dealkylation sites (tertiary alicyclic amines) is 1. The predicted molar refractivity (Wildman–Crippen MR) is 59.8 cm³/mol. The summed E-state index contributed by atoms with van der Waals surface area (Å²) in [5.74, 6) is -1.77. The second kappa shape index (κ2) is 4.30. The lowest BCUT2D eigenvalue weighted by atomic mass is 10.1. The molecule has 0 saturated carbocycles. The first-order chi connectivity index (χ1) is 8.26. The van der Waals surface area contributed by atoms with Gasteiger partial charge in [0.05, 0.1) is 5.75 Å². The SMILES string of the molecule is CN1CC(=O)N=C1N1CC(CS(=O)(=O)F)CC1=O. The fourth-order valence-corrected chi connectivity index (χ4v) is 2.93. The summed E-state index contributed by atoms with van der Waals surface area (Å²) < 4.78 is 33.7. The molecule has 2 rings (SSSR count). The van der Waals surface area contributed by atoms with Crippen LogP contribution >= 0.6 is 0 Å². The van der Waals surface area contributed by atoms with Crippen LogP contribution in [0.2, 0.25) is 0 Å². The van der Waals surface area contributed by atoms with E-state index in [-0.39, 0.29) is 37.3 Å². The van der Waals surface area contributed by atoms with Crippen LogP contribution in [0.1, 0.15) is 6.42 Å². The number of carbonyl (C=O) groups excluding carboxylic acids is 2. The van der Waals surface area contributed by atoms with Crippen LogP contribution in [-0.2, 0) is 19.8 Å². The van der Waals surface area contributed by atoms with Crippen molar-refractivity contribution in [3.8, 4) is 0 Å². The summed E-state index contributed by atoms with van der Waals surface area (Å²) in [7, 11) is -2.99. The van der Waals surface area contributed by atoms with Gasteiger partial charge in [0.25, 0.3) is 5.91 Å². The Labute approximate surface area is 103 Å². The summed E-state index contributed by atoms with van der Waals surface area (Å²) in [5.41, 5.74) is 0. The number of halogens is 1. The summed E-state index contributed by atoms with van der Waals surface area (Å²) in [6, 6.07) is 0. The number of aliphatic imine (C=N–C) groups is 1. The van der Waals surface area contributed by atoms with E-state index in [1.165, 1.54) is 9.80 Å². The van der Waals surface area contributed by atoms with E-state index in [9.17, 15) is 21.9 Å². The van der Waals surface area contributed by atoms with Crippen LogP contribution in [-0.4, -0.2) is 61.9 Å². The molecular weight excluding hydrogens is 265 g/mol. The fourth-order valence-electron chi connectivity index (χ4n) is 2.14. The zero-order valence-corrected chi connectivity index (χ0v) is 10.5. The molecule has 0 N–H and O–H groups in total. The lowest BCUT2D eigenvalue weighted by Gasteiger charge is -2.21. The molecule has 0 aromatic rings. The third-order valence-corrected chi connectivity index (χ3v) is 3.69. The Balaban J connectivity index is 2.11. The molecule has 0 bridgehead atoms. The Bertz CT molecular complexity index is 530. The van der Waals surface area contributed by atoms with Crippen molar-refractivity contribution in [2.75, 3.05) is 25.9 Å². The van der Waals surface area contributed by atoms with Crippen LogP contribution < -0.4 is 0 Å². The number of nitrogens with zero attached hydrogens (tertiary/aromatic N) is 3. The van der Waals surface area contributed by atoms with Crippen molar-refractivity contribution >= 4 is 28.0 Å². The molecule has 2 amide bonds. The van der Waals surface area contributed by atoms with Gasteiger partial charge in [-0.1, -0.05) is 0 Å². The lowest BCUT2D eigenvalue weighted by Crippen LogP contribution is -2.41. The number of hydrogen-bond donors (Lipinski definition) is 0. The van der Waals surface area contributed by atoms with Crippen molar-refractivity contribution in [2.24, 2.45) is 10.9 Å². The van der Waals surface area contributed by atoms with Crippen LogP contribution in [0, 0.1) is 5.92 Å². The summed E-state index contributed by atoms with van der Waals surface area (Å²) in [6.45, 7) is 0.156. The average Bonchev–Trinajstić information content (AvgIpc) is 2.67. The molecule has 1 atom stereocenters. The molecular formula is C9H12FN3O4S. The molecule has 0 aromatic heterocycles. The van der Waals surface area contributed by atoms with E-state index in [0.717, 1.165) is 0 Å². The van der Waals surface area contributed by atoms with Crippen molar-refractivity contribution in [3.05, 3.63) is 0 Å². The average molecular weight is 277 g/mol. The van der Waals surface area contributed by atoms with Crippen LogP contribution in [0.25, 0.3) is 0 Å². The van der Waals surface area contributed by atoms with E-state index in [2.05, 4.69) is 4.99 Å². The lowest BCUT2D eigenvalue weighted by molar-refractivity contribution is -0.124. The van der Waals surface area contributed by atoms with Crippen molar-refractivity contribution in [1.82, 2.24) is 9.80 Å². The van der Waals surface area contributed by atoms with Gasteiger partial charge in [0, 0.05) is 25.9 Å². The van der Waals surface area contributed by atoms with Crippen LogP contribution in [0.15, 0.2) is 4.99 Å². The quantitative estimate of drug-likeness (QED) is 0.602. The molecule has 1 saturated heterocycles. The highest BCUT2D eigenvalue weighted by molar-refractivity contribution is 7.86. The number of guanidine groups is 1. The Hall–Kier alpha value is -1.51. The number of carbonyl (C=O) groups is 2. The summed E-state index contributed by atoms with van der Waals surface area (Å²) >= 11 is 0. The Morgan fingerprint density at radius 1 is 1.44 bits per heavy atom. The minimum absolute atomic E-state index is 0.0514. The van der Waals surface area contributed by atoms with Crippen LogP contribution in [0.4, 0.5) is 3.89 Å². The van der Waals surface area contributed by atoms with E-state index in [0.29, 0.717) is 0 Å². The highest BCUT2D eigenvalue weighted by Crippen LogP contribution is 2.22. The van der Waals surface area contributed by atoms with Gasteiger partial charge in [-0.05, 0) is 0 Å². The monoisotopic (exact) mass is 277 g/mol. The van der Waals surface area contributed by atoms with E-state index >= 15 is 0 Å². The van der Waals surface area contributed by atoms with Crippen LogP contribution in [0.3, 0.4) is 0 Å². The standard InChI is InChI=1S/C9H12FN3O4S/c1-12-4-7(14)11-9(12)13-3-6(2-8(13)15)5-18(10,16)17/h6H,2-5H2,1H3. The molecule has 2 heterocycles. The Kier molecular flexibility index (Phi) is 3.09. The zero-order valence-electron chi connectivity index (χ0n) is 9.67. The van der Waals surface area contributed by atoms with E-state index in [1.54, 1.807) is 7.05 Å². The molecule has 1 unspecified atom stereocenters. The van der Waals surface area contributed by atoms with E-state index in [4.69, 9.17) is 0 Å². The molecule has 2 aliphatic heterocycles. The van der Waals surface area contributed by atoms with Gasteiger partial charge in [0.2, 0.25) is 11.9 Å². The molecule has 7 nitrogen and oxygen atoms in total. The first kappa shape index (κ1) is 12.9. The normalized spacial score (nSPS) is 25.0. The molecule has 18 heavy (non-hydrogen) atoms. The third-order valence-electron chi connectivity index (χ3n) is 2.82. The van der Waals surface area contributed by atoms with Crippen LogP contribution in [0.5, 0.6) is 0 Å².